The van der Waals surface area contributed by atoms with Crippen molar-refractivity contribution in [2.75, 3.05) is 5.32 Å². The summed E-state index contributed by atoms with van der Waals surface area (Å²) in [5, 5.41) is 16.3. The maximum Gasteiger partial charge on any atom is 0.335 e. The van der Waals surface area contributed by atoms with Crippen molar-refractivity contribution >= 4 is 17.6 Å². The number of aromatic carboxylic acids is 1. The highest BCUT2D eigenvalue weighted by Crippen LogP contribution is 2.33. The molecule has 126 valence electrons. The molecule has 1 fully saturated rings. The third-order valence-electron chi connectivity index (χ3n) is 4.63. The summed E-state index contributed by atoms with van der Waals surface area (Å²) in [4.78, 5) is 23.5. The van der Waals surface area contributed by atoms with Crippen LogP contribution < -0.4 is 5.32 Å². The predicted molar refractivity (Wildman–Crippen MR) is 90.5 cm³/mol. The van der Waals surface area contributed by atoms with Gasteiger partial charge in [-0.25, -0.2) is 4.79 Å². The van der Waals surface area contributed by atoms with Gasteiger partial charge >= 0.3 is 5.97 Å². The van der Waals surface area contributed by atoms with E-state index in [2.05, 4.69) is 10.4 Å². The highest BCUT2D eigenvalue weighted by atomic mass is 16.4. The number of hydrogen-bond donors (Lipinski definition) is 2. The maximum absolute atomic E-state index is 12.5. The number of carbonyl (C=O) groups excluding carboxylic acids is 1. The summed E-state index contributed by atoms with van der Waals surface area (Å²) >= 11 is 0. The van der Waals surface area contributed by atoms with Gasteiger partial charge in [0, 0.05) is 18.7 Å². The number of carbonyl (C=O) groups is 2. The fraction of sp³-hybridized carbons (Fsp3) is 0.389. The first kappa shape index (κ1) is 16.2. The molecular weight excluding hydrogens is 306 g/mol. The third kappa shape index (κ3) is 3.18. The number of aryl methyl sites for hydroxylation is 2. The lowest BCUT2D eigenvalue weighted by atomic mass is 10.0. The van der Waals surface area contributed by atoms with E-state index in [1.54, 1.807) is 30.8 Å². The SMILES string of the molecule is Cc1cc(C(=O)O)ccc1NC(=O)c1cc(C2CCCC2)nn1C. The molecule has 1 aliphatic rings. The number of anilines is 1. The van der Waals surface area contributed by atoms with E-state index in [9.17, 15) is 9.59 Å². The standard InChI is InChI=1S/C18H21N3O3/c1-11-9-13(18(23)24)7-8-14(11)19-17(22)16-10-15(20-21(16)2)12-5-3-4-6-12/h7-10,12H,3-6H2,1-2H3,(H,19,22)(H,23,24). The van der Waals surface area contributed by atoms with Gasteiger partial charge < -0.3 is 10.4 Å². The van der Waals surface area contributed by atoms with E-state index >= 15 is 0 Å². The van der Waals surface area contributed by atoms with Gasteiger partial charge in [-0.2, -0.15) is 5.10 Å². The number of nitrogens with one attached hydrogen (secondary N) is 1. The zero-order valence-corrected chi connectivity index (χ0v) is 13.9. The second-order valence-corrected chi connectivity index (χ2v) is 6.35. The summed E-state index contributed by atoms with van der Waals surface area (Å²) in [6.45, 7) is 1.77. The lowest BCUT2D eigenvalue weighted by molar-refractivity contribution is 0.0696. The predicted octanol–water partition coefficient (Wildman–Crippen LogP) is 3.34. The van der Waals surface area contributed by atoms with E-state index in [1.807, 2.05) is 6.07 Å². The Morgan fingerprint density at radius 3 is 2.58 bits per heavy atom. The van der Waals surface area contributed by atoms with Crippen LogP contribution in [0.4, 0.5) is 5.69 Å². The van der Waals surface area contributed by atoms with Gasteiger partial charge in [0.1, 0.15) is 5.69 Å². The minimum atomic E-state index is -0.983. The van der Waals surface area contributed by atoms with Crippen molar-refractivity contribution in [2.24, 2.45) is 7.05 Å². The van der Waals surface area contributed by atoms with Crippen molar-refractivity contribution in [3.05, 3.63) is 46.8 Å². The summed E-state index contributed by atoms with van der Waals surface area (Å²) in [5.74, 6) is -0.765. The van der Waals surface area contributed by atoms with E-state index < -0.39 is 5.97 Å². The summed E-state index contributed by atoms with van der Waals surface area (Å²) < 4.78 is 1.62. The zero-order chi connectivity index (χ0) is 17.3. The average Bonchev–Trinajstić information content (AvgIpc) is 3.18. The minimum Gasteiger partial charge on any atom is -0.478 e. The molecule has 1 heterocycles. The topological polar surface area (TPSA) is 84.2 Å². The molecule has 6 heteroatoms. The first-order chi connectivity index (χ1) is 11.5. The number of carboxylic acids is 1. The first-order valence-electron chi connectivity index (χ1n) is 8.15. The molecule has 0 radical (unpaired) electrons. The Kier molecular flexibility index (Phi) is 4.38. The van der Waals surface area contributed by atoms with E-state index in [-0.39, 0.29) is 11.5 Å². The zero-order valence-electron chi connectivity index (χ0n) is 13.9. The van der Waals surface area contributed by atoms with Gasteiger partial charge in [-0.15, -0.1) is 0 Å². The second kappa shape index (κ2) is 6.47. The van der Waals surface area contributed by atoms with Crippen LogP contribution >= 0.6 is 0 Å². The van der Waals surface area contributed by atoms with Crippen molar-refractivity contribution in [2.45, 2.75) is 38.5 Å². The van der Waals surface area contributed by atoms with Crippen molar-refractivity contribution in [3.63, 3.8) is 0 Å². The molecule has 0 atom stereocenters. The molecule has 24 heavy (non-hydrogen) atoms. The van der Waals surface area contributed by atoms with E-state index in [0.29, 0.717) is 22.9 Å². The van der Waals surface area contributed by atoms with Crippen LogP contribution in [0.15, 0.2) is 24.3 Å². The van der Waals surface area contributed by atoms with Gasteiger partial charge in [-0.05, 0) is 49.6 Å². The van der Waals surface area contributed by atoms with E-state index in [0.717, 1.165) is 18.5 Å². The molecule has 1 saturated carbocycles. The first-order valence-corrected chi connectivity index (χ1v) is 8.15. The average molecular weight is 327 g/mol. The van der Waals surface area contributed by atoms with Crippen LogP contribution in [-0.4, -0.2) is 26.8 Å². The number of rotatable bonds is 4. The Hall–Kier alpha value is -2.63. The highest BCUT2D eigenvalue weighted by Gasteiger charge is 2.23. The summed E-state index contributed by atoms with van der Waals surface area (Å²) in [7, 11) is 1.77. The Morgan fingerprint density at radius 2 is 1.96 bits per heavy atom. The van der Waals surface area contributed by atoms with Crippen LogP contribution in [0.25, 0.3) is 0 Å². The molecule has 1 amide bonds. The number of aromatic nitrogens is 2. The number of amides is 1. The van der Waals surface area contributed by atoms with E-state index in [4.69, 9.17) is 5.11 Å². The molecule has 0 unspecified atom stereocenters. The van der Waals surface area contributed by atoms with Gasteiger partial charge in [-0.1, -0.05) is 12.8 Å². The molecule has 0 bridgehead atoms. The van der Waals surface area contributed by atoms with Gasteiger partial charge in [-0.3, -0.25) is 9.48 Å². The van der Waals surface area contributed by atoms with Crippen molar-refractivity contribution in [3.8, 4) is 0 Å². The Balaban J connectivity index is 1.79. The maximum atomic E-state index is 12.5. The van der Waals surface area contributed by atoms with Crippen molar-refractivity contribution < 1.29 is 14.7 Å². The van der Waals surface area contributed by atoms with Gasteiger partial charge in [0.15, 0.2) is 0 Å². The fourth-order valence-electron chi connectivity index (χ4n) is 3.25. The monoisotopic (exact) mass is 327 g/mol. The lowest BCUT2D eigenvalue weighted by Gasteiger charge is -2.09. The molecule has 1 aromatic heterocycles. The normalized spacial score (nSPS) is 14.8. The molecule has 6 nitrogen and oxygen atoms in total. The molecular formula is C18H21N3O3. The number of nitrogens with zero attached hydrogens (tertiary/aromatic N) is 2. The van der Waals surface area contributed by atoms with Gasteiger partial charge in [0.05, 0.1) is 11.3 Å². The van der Waals surface area contributed by atoms with Crippen LogP contribution in [0.1, 0.15) is 63.7 Å². The summed E-state index contributed by atoms with van der Waals surface area (Å²) in [6.07, 6.45) is 4.71. The Labute approximate surface area is 140 Å². The fourth-order valence-corrected chi connectivity index (χ4v) is 3.25. The van der Waals surface area contributed by atoms with Crippen LogP contribution in [0.5, 0.6) is 0 Å². The van der Waals surface area contributed by atoms with Crippen LogP contribution in [0.2, 0.25) is 0 Å². The van der Waals surface area contributed by atoms with Gasteiger partial charge in [0.2, 0.25) is 0 Å². The second-order valence-electron chi connectivity index (χ2n) is 6.35. The van der Waals surface area contributed by atoms with Crippen LogP contribution in [0, 0.1) is 6.92 Å². The quantitative estimate of drug-likeness (QED) is 0.902. The number of carboxylic acid groups (broad SMARTS) is 1. The van der Waals surface area contributed by atoms with Crippen molar-refractivity contribution in [1.82, 2.24) is 9.78 Å². The molecule has 0 spiro atoms. The number of hydrogen-bond acceptors (Lipinski definition) is 3. The molecule has 2 N–H and O–H groups in total. The minimum absolute atomic E-state index is 0.203. The Bertz CT molecular complexity index is 789. The lowest BCUT2D eigenvalue weighted by Crippen LogP contribution is -2.16. The smallest absolute Gasteiger partial charge is 0.335 e. The molecule has 3 rings (SSSR count). The molecule has 2 aromatic rings. The Morgan fingerprint density at radius 1 is 1.25 bits per heavy atom. The molecule has 1 aromatic carbocycles. The molecule has 0 aliphatic heterocycles. The largest absolute Gasteiger partial charge is 0.478 e. The third-order valence-corrected chi connectivity index (χ3v) is 4.63. The summed E-state index contributed by atoms with van der Waals surface area (Å²) in [5.41, 5.74) is 3.02. The summed E-state index contributed by atoms with van der Waals surface area (Å²) in [6, 6.07) is 6.51. The van der Waals surface area contributed by atoms with Gasteiger partial charge in [0.25, 0.3) is 5.91 Å². The number of benzene rings is 1. The van der Waals surface area contributed by atoms with E-state index in [1.165, 1.54) is 18.9 Å². The molecule has 0 saturated heterocycles. The van der Waals surface area contributed by atoms with Crippen LogP contribution in [0.3, 0.4) is 0 Å². The van der Waals surface area contributed by atoms with Crippen molar-refractivity contribution in [1.29, 1.82) is 0 Å². The van der Waals surface area contributed by atoms with Crippen LogP contribution in [-0.2, 0) is 7.05 Å². The highest BCUT2D eigenvalue weighted by molar-refractivity contribution is 6.03. The molecule has 1 aliphatic carbocycles.